The van der Waals surface area contributed by atoms with Gasteiger partial charge in [0.2, 0.25) is 0 Å². The highest BCUT2D eigenvalue weighted by atomic mass is 35.5. The number of carbonyl (C=O) groups is 2. The molecule has 1 unspecified atom stereocenters. The van der Waals surface area contributed by atoms with Gasteiger partial charge < -0.3 is 14.7 Å². The Morgan fingerprint density at radius 1 is 1.06 bits per heavy atom. The molecular weight excluding hydrogens is 475 g/mol. The third-order valence-electron chi connectivity index (χ3n) is 5.38. The number of nitrogens with zero attached hydrogens (tertiary/aromatic N) is 2. The van der Waals surface area contributed by atoms with Crippen LogP contribution in [0.4, 0.5) is 0 Å². The molecule has 8 heteroatoms. The van der Waals surface area contributed by atoms with Crippen molar-refractivity contribution in [2.45, 2.75) is 32.5 Å². The quantitative estimate of drug-likeness (QED) is 0.265. The third kappa shape index (κ3) is 4.79. The number of hydrogen-bond donors (Lipinski definition) is 1. The van der Waals surface area contributed by atoms with Crippen molar-refractivity contribution in [2.24, 2.45) is 0 Å². The van der Waals surface area contributed by atoms with Gasteiger partial charge in [0.25, 0.3) is 11.7 Å². The molecule has 2 heterocycles. The van der Waals surface area contributed by atoms with Crippen LogP contribution in [0.1, 0.15) is 36.6 Å². The number of halogens is 2. The first-order valence-corrected chi connectivity index (χ1v) is 11.4. The Bertz CT molecular complexity index is 1270. The highest BCUT2D eigenvalue weighted by Crippen LogP contribution is 2.42. The molecule has 4 rings (SSSR count). The summed E-state index contributed by atoms with van der Waals surface area (Å²) >= 11 is 12.4. The number of carbonyl (C=O) groups excluding carboxylic acids is 2. The first kappa shape index (κ1) is 23.8. The molecule has 0 spiro atoms. The van der Waals surface area contributed by atoms with E-state index in [1.807, 2.05) is 13.8 Å². The Morgan fingerprint density at radius 3 is 2.47 bits per heavy atom. The Morgan fingerprint density at radius 2 is 1.79 bits per heavy atom. The van der Waals surface area contributed by atoms with Crippen LogP contribution in [0.25, 0.3) is 5.76 Å². The molecule has 2 aromatic carbocycles. The molecule has 1 aliphatic heterocycles. The van der Waals surface area contributed by atoms with Gasteiger partial charge in [-0.15, -0.1) is 0 Å². The number of aliphatic hydroxyl groups excluding tert-OH is 1. The van der Waals surface area contributed by atoms with Crippen molar-refractivity contribution in [1.82, 2.24) is 9.88 Å². The van der Waals surface area contributed by atoms with Crippen molar-refractivity contribution in [3.63, 3.8) is 0 Å². The molecule has 0 radical (unpaired) electrons. The summed E-state index contributed by atoms with van der Waals surface area (Å²) < 4.78 is 5.72. The summed E-state index contributed by atoms with van der Waals surface area (Å²) in [5, 5.41) is 11.9. The topological polar surface area (TPSA) is 79.7 Å². The van der Waals surface area contributed by atoms with Crippen LogP contribution in [0.5, 0.6) is 5.75 Å². The van der Waals surface area contributed by atoms with E-state index in [-0.39, 0.29) is 29.0 Å². The Kier molecular flexibility index (Phi) is 6.91. The summed E-state index contributed by atoms with van der Waals surface area (Å²) in [7, 11) is 0. The van der Waals surface area contributed by atoms with E-state index in [1.54, 1.807) is 67.0 Å². The van der Waals surface area contributed by atoms with Crippen LogP contribution in [-0.4, -0.2) is 32.8 Å². The number of amides is 1. The van der Waals surface area contributed by atoms with Crippen molar-refractivity contribution in [3.8, 4) is 5.75 Å². The summed E-state index contributed by atoms with van der Waals surface area (Å²) in [6, 6.07) is 14.3. The zero-order chi connectivity index (χ0) is 24.4. The van der Waals surface area contributed by atoms with Gasteiger partial charge >= 0.3 is 0 Å². The number of hydrogen-bond acceptors (Lipinski definition) is 5. The average Bonchev–Trinajstić information content (AvgIpc) is 3.06. The second-order valence-electron chi connectivity index (χ2n) is 8.15. The smallest absolute Gasteiger partial charge is 0.295 e. The molecule has 1 aromatic heterocycles. The minimum absolute atomic E-state index is 0.0286. The van der Waals surface area contributed by atoms with Crippen LogP contribution in [0, 0.1) is 0 Å². The minimum Gasteiger partial charge on any atom is -0.507 e. The van der Waals surface area contributed by atoms with Crippen molar-refractivity contribution in [3.05, 3.63) is 99.3 Å². The number of likely N-dealkylation sites (tertiary alicyclic amines) is 1. The van der Waals surface area contributed by atoms with Gasteiger partial charge in [0.1, 0.15) is 11.5 Å². The normalized spacial score (nSPS) is 17.4. The van der Waals surface area contributed by atoms with Gasteiger partial charge in [0.05, 0.1) is 27.8 Å². The fraction of sp³-hybridized carbons (Fsp3) is 0.192. The molecule has 6 nitrogen and oxygen atoms in total. The highest BCUT2D eigenvalue weighted by molar-refractivity contribution is 6.46. The summed E-state index contributed by atoms with van der Waals surface area (Å²) in [5.41, 5.74) is 1.68. The van der Waals surface area contributed by atoms with Crippen LogP contribution in [0.2, 0.25) is 10.0 Å². The lowest BCUT2D eigenvalue weighted by atomic mass is 9.95. The fourth-order valence-electron chi connectivity index (χ4n) is 3.90. The van der Waals surface area contributed by atoms with Gasteiger partial charge in [0, 0.05) is 24.5 Å². The molecule has 0 saturated carbocycles. The van der Waals surface area contributed by atoms with E-state index in [1.165, 1.54) is 4.90 Å². The average molecular weight is 497 g/mol. The summed E-state index contributed by atoms with van der Waals surface area (Å²) in [5.74, 6) is -1.25. The number of pyridine rings is 1. The Hall–Kier alpha value is -3.35. The van der Waals surface area contributed by atoms with Crippen LogP contribution < -0.4 is 4.74 Å². The van der Waals surface area contributed by atoms with Crippen molar-refractivity contribution < 1.29 is 19.4 Å². The largest absolute Gasteiger partial charge is 0.507 e. The molecule has 174 valence electrons. The number of aromatic nitrogens is 1. The van der Waals surface area contributed by atoms with Gasteiger partial charge in [-0.1, -0.05) is 41.4 Å². The molecule has 0 aliphatic carbocycles. The van der Waals surface area contributed by atoms with E-state index < -0.39 is 17.7 Å². The number of Topliss-reactive ketones (excluding diaryl/α,β-unsaturated/α-hetero) is 1. The first-order chi connectivity index (χ1) is 16.3. The maximum absolute atomic E-state index is 13.2. The van der Waals surface area contributed by atoms with Crippen molar-refractivity contribution in [1.29, 1.82) is 0 Å². The number of ketones is 1. The number of aliphatic hydroxyl groups is 1. The molecule has 0 bridgehead atoms. The molecule has 34 heavy (non-hydrogen) atoms. The lowest BCUT2D eigenvalue weighted by Crippen LogP contribution is -2.29. The standard InChI is InChI=1S/C26H22Cl2N2O4/c1-15(2)34-19-5-3-4-18(12-19)24(31)22-23(17-6-7-20(27)21(28)13-17)30(26(33)25(22)32)14-16-8-10-29-11-9-16/h3-13,15,23,31H,14H2,1-2H3/b24-22-. The Labute approximate surface area is 207 Å². The second kappa shape index (κ2) is 9.87. The number of rotatable bonds is 6. The summed E-state index contributed by atoms with van der Waals surface area (Å²) in [4.78, 5) is 31.8. The van der Waals surface area contributed by atoms with Gasteiger partial charge in [-0.25, -0.2) is 0 Å². The molecule has 1 fully saturated rings. The molecule has 1 saturated heterocycles. The second-order valence-corrected chi connectivity index (χ2v) is 8.96. The maximum Gasteiger partial charge on any atom is 0.295 e. The van der Waals surface area contributed by atoms with Gasteiger partial charge in [-0.2, -0.15) is 0 Å². The number of benzene rings is 2. The highest BCUT2D eigenvalue weighted by Gasteiger charge is 2.46. The van der Waals surface area contributed by atoms with E-state index in [0.717, 1.165) is 5.56 Å². The molecule has 1 atom stereocenters. The van der Waals surface area contributed by atoms with Crippen molar-refractivity contribution >= 4 is 40.7 Å². The fourth-order valence-corrected chi connectivity index (χ4v) is 4.21. The van der Waals surface area contributed by atoms with Crippen LogP contribution in [0.15, 0.2) is 72.6 Å². The molecule has 1 amide bonds. The molecule has 1 aliphatic rings. The Balaban J connectivity index is 1.86. The predicted octanol–water partition coefficient (Wildman–Crippen LogP) is 5.80. The first-order valence-electron chi connectivity index (χ1n) is 10.7. The number of ether oxygens (including phenoxy) is 1. The van der Waals surface area contributed by atoms with Crippen LogP contribution in [0.3, 0.4) is 0 Å². The van der Waals surface area contributed by atoms with E-state index in [0.29, 0.717) is 21.9 Å². The maximum atomic E-state index is 13.2. The zero-order valence-corrected chi connectivity index (χ0v) is 20.0. The minimum atomic E-state index is -0.863. The van der Waals surface area contributed by atoms with E-state index >= 15 is 0 Å². The van der Waals surface area contributed by atoms with E-state index in [9.17, 15) is 14.7 Å². The lowest BCUT2D eigenvalue weighted by molar-refractivity contribution is -0.140. The molecular formula is C26H22Cl2N2O4. The van der Waals surface area contributed by atoms with Crippen LogP contribution in [-0.2, 0) is 16.1 Å². The third-order valence-corrected chi connectivity index (χ3v) is 6.12. The van der Waals surface area contributed by atoms with Gasteiger partial charge in [-0.3, -0.25) is 14.6 Å². The van der Waals surface area contributed by atoms with Gasteiger partial charge in [0.15, 0.2) is 0 Å². The monoisotopic (exact) mass is 496 g/mol. The van der Waals surface area contributed by atoms with Gasteiger partial charge in [-0.05, 0) is 61.4 Å². The zero-order valence-electron chi connectivity index (χ0n) is 18.5. The summed E-state index contributed by atoms with van der Waals surface area (Å²) in [6.07, 6.45) is 3.15. The predicted molar refractivity (Wildman–Crippen MR) is 131 cm³/mol. The van der Waals surface area contributed by atoms with E-state index in [2.05, 4.69) is 4.98 Å². The van der Waals surface area contributed by atoms with Crippen LogP contribution >= 0.6 is 23.2 Å². The van der Waals surface area contributed by atoms with Crippen molar-refractivity contribution in [2.75, 3.05) is 0 Å². The SMILES string of the molecule is CC(C)Oc1cccc(/C(O)=C2/C(=O)C(=O)N(Cc3ccncc3)C2c2ccc(Cl)c(Cl)c2)c1. The lowest BCUT2D eigenvalue weighted by Gasteiger charge is -2.25. The summed E-state index contributed by atoms with van der Waals surface area (Å²) in [6.45, 7) is 3.92. The molecule has 1 N–H and O–H groups in total. The molecule has 3 aromatic rings. The van der Waals surface area contributed by atoms with E-state index in [4.69, 9.17) is 27.9 Å².